The van der Waals surface area contributed by atoms with Gasteiger partial charge in [0.2, 0.25) is 0 Å². The number of para-hydroxylation sites is 1. The Hall–Kier alpha value is -1.02. The van der Waals surface area contributed by atoms with Crippen molar-refractivity contribution in [2.45, 2.75) is 51.5 Å². The third kappa shape index (κ3) is 2.71. The molecule has 1 fully saturated rings. The van der Waals surface area contributed by atoms with Gasteiger partial charge in [0.15, 0.2) is 0 Å². The fourth-order valence-corrected chi connectivity index (χ4v) is 4.14. The quantitative estimate of drug-likeness (QED) is 0.891. The Morgan fingerprint density at radius 1 is 1.20 bits per heavy atom. The van der Waals surface area contributed by atoms with Crippen LogP contribution in [0, 0.1) is 11.8 Å². The highest BCUT2D eigenvalue weighted by molar-refractivity contribution is 5.55. The van der Waals surface area contributed by atoms with Gasteiger partial charge in [0, 0.05) is 18.3 Å². The number of rotatable bonds is 2. The van der Waals surface area contributed by atoms with Crippen molar-refractivity contribution in [3.05, 3.63) is 29.8 Å². The third-order valence-corrected chi connectivity index (χ3v) is 5.32. The zero-order valence-electron chi connectivity index (χ0n) is 12.7. The van der Waals surface area contributed by atoms with Gasteiger partial charge in [-0.2, -0.15) is 0 Å². The number of hydrogen-bond donors (Lipinski definition) is 1. The molecule has 1 aliphatic carbocycles. The predicted octanol–water partition coefficient (Wildman–Crippen LogP) is 3.59. The van der Waals surface area contributed by atoms with Crippen LogP contribution in [0.2, 0.25) is 0 Å². The number of anilines is 1. The largest absolute Gasteiger partial charge is 0.368 e. The molecule has 3 atom stereocenters. The van der Waals surface area contributed by atoms with Gasteiger partial charge in [-0.3, -0.25) is 0 Å². The summed E-state index contributed by atoms with van der Waals surface area (Å²) < 4.78 is 0. The minimum Gasteiger partial charge on any atom is -0.368 e. The van der Waals surface area contributed by atoms with Gasteiger partial charge in [0.1, 0.15) is 0 Å². The van der Waals surface area contributed by atoms with Crippen LogP contribution in [0.3, 0.4) is 0 Å². The summed E-state index contributed by atoms with van der Waals surface area (Å²) >= 11 is 0. The molecule has 0 bridgehead atoms. The first-order valence-corrected chi connectivity index (χ1v) is 8.34. The maximum atomic E-state index is 6.08. The summed E-state index contributed by atoms with van der Waals surface area (Å²) in [5, 5.41) is 0. The Labute approximate surface area is 123 Å². The average Bonchev–Trinajstić information content (AvgIpc) is 2.69. The molecule has 1 aromatic carbocycles. The van der Waals surface area contributed by atoms with Gasteiger partial charge in [-0.05, 0) is 62.1 Å². The number of nitrogens with two attached hydrogens (primary N) is 1. The van der Waals surface area contributed by atoms with Crippen molar-refractivity contribution in [3.8, 4) is 0 Å². The van der Waals surface area contributed by atoms with Gasteiger partial charge >= 0.3 is 0 Å². The Balaban J connectivity index is 1.91. The number of aryl methyl sites for hydroxylation is 1. The van der Waals surface area contributed by atoms with E-state index in [1.165, 1.54) is 50.8 Å². The van der Waals surface area contributed by atoms with Crippen molar-refractivity contribution in [2.75, 3.05) is 18.0 Å². The SMILES string of the molecule is CC1CCC(CN)C(N2CCCCc3ccccc32)C1. The van der Waals surface area contributed by atoms with Crippen molar-refractivity contribution in [1.82, 2.24) is 0 Å². The summed E-state index contributed by atoms with van der Waals surface area (Å²) in [5.74, 6) is 1.52. The molecule has 1 aliphatic heterocycles. The second-order valence-electron chi connectivity index (χ2n) is 6.76. The van der Waals surface area contributed by atoms with Crippen LogP contribution in [0.15, 0.2) is 24.3 Å². The van der Waals surface area contributed by atoms with Gasteiger partial charge in [0.05, 0.1) is 0 Å². The minimum absolute atomic E-state index is 0.656. The second kappa shape index (κ2) is 6.17. The molecule has 0 saturated heterocycles. The summed E-state index contributed by atoms with van der Waals surface area (Å²) in [6.07, 6.45) is 7.85. The first kappa shape index (κ1) is 13.9. The van der Waals surface area contributed by atoms with Gasteiger partial charge in [0.25, 0.3) is 0 Å². The monoisotopic (exact) mass is 272 g/mol. The van der Waals surface area contributed by atoms with Crippen LogP contribution >= 0.6 is 0 Å². The van der Waals surface area contributed by atoms with Gasteiger partial charge < -0.3 is 10.6 Å². The second-order valence-corrected chi connectivity index (χ2v) is 6.76. The first-order chi connectivity index (χ1) is 9.79. The number of hydrogen-bond acceptors (Lipinski definition) is 2. The molecule has 3 rings (SSSR count). The van der Waals surface area contributed by atoms with Crippen LogP contribution in [0.5, 0.6) is 0 Å². The Kier molecular flexibility index (Phi) is 4.30. The average molecular weight is 272 g/mol. The molecule has 2 heteroatoms. The van der Waals surface area contributed by atoms with E-state index in [0.29, 0.717) is 12.0 Å². The lowest BCUT2D eigenvalue weighted by Crippen LogP contribution is -2.47. The van der Waals surface area contributed by atoms with Crippen molar-refractivity contribution in [1.29, 1.82) is 0 Å². The van der Waals surface area contributed by atoms with Crippen LogP contribution in [0.1, 0.15) is 44.6 Å². The zero-order chi connectivity index (χ0) is 13.9. The van der Waals surface area contributed by atoms with E-state index in [2.05, 4.69) is 36.1 Å². The van der Waals surface area contributed by atoms with E-state index < -0.39 is 0 Å². The predicted molar refractivity (Wildman–Crippen MR) is 86.1 cm³/mol. The molecule has 0 aromatic heterocycles. The van der Waals surface area contributed by atoms with Crippen LogP contribution in [-0.4, -0.2) is 19.1 Å². The summed E-state index contributed by atoms with van der Waals surface area (Å²) in [4.78, 5) is 2.70. The van der Waals surface area contributed by atoms with Gasteiger partial charge in [-0.1, -0.05) is 31.5 Å². The van der Waals surface area contributed by atoms with E-state index in [0.717, 1.165) is 12.5 Å². The van der Waals surface area contributed by atoms with E-state index in [9.17, 15) is 0 Å². The van der Waals surface area contributed by atoms with Crippen molar-refractivity contribution < 1.29 is 0 Å². The molecule has 0 amide bonds. The Morgan fingerprint density at radius 2 is 2.05 bits per heavy atom. The van der Waals surface area contributed by atoms with E-state index >= 15 is 0 Å². The highest BCUT2D eigenvalue weighted by Gasteiger charge is 2.33. The molecule has 20 heavy (non-hydrogen) atoms. The molecular formula is C18H28N2. The summed E-state index contributed by atoms with van der Waals surface area (Å²) in [6.45, 7) is 4.46. The number of benzene rings is 1. The van der Waals surface area contributed by atoms with Gasteiger partial charge in [-0.25, -0.2) is 0 Å². The Bertz CT molecular complexity index is 443. The van der Waals surface area contributed by atoms with Crippen LogP contribution in [0.25, 0.3) is 0 Å². The lowest BCUT2D eigenvalue weighted by atomic mass is 9.78. The third-order valence-electron chi connectivity index (χ3n) is 5.32. The summed E-state index contributed by atoms with van der Waals surface area (Å²) in [7, 11) is 0. The van der Waals surface area contributed by atoms with Gasteiger partial charge in [-0.15, -0.1) is 0 Å². The van der Waals surface area contributed by atoms with E-state index in [1.807, 2.05) is 0 Å². The highest BCUT2D eigenvalue weighted by Crippen LogP contribution is 2.37. The number of fused-ring (bicyclic) bond motifs is 1. The molecule has 3 unspecified atom stereocenters. The fraction of sp³-hybridized carbons (Fsp3) is 0.667. The van der Waals surface area contributed by atoms with E-state index in [-0.39, 0.29) is 0 Å². The maximum Gasteiger partial charge on any atom is 0.0401 e. The van der Waals surface area contributed by atoms with Crippen molar-refractivity contribution >= 4 is 5.69 Å². The number of nitrogens with zero attached hydrogens (tertiary/aromatic N) is 1. The minimum atomic E-state index is 0.656. The summed E-state index contributed by atoms with van der Waals surface area (Å²) in [6, 6.07) is 9.68. The summed E-state index contributed by atoms with van der Waals surface area (Å²) in [5.41, 5.74) is 9.11. The molecule has 0 spiro atoms. The standard InChI is InChI=1S/C18H28N2/c1-14-9-10-16(13-19)18(12-14)20-11-5-4-7-15-6-2-3-8-17(15)20/h2-3,6,8,14,16,18H,4-5,7,9-13,19H2,1H3. The topological polar surface area (TPSA) is 29.3 Å². The highest BCUT2D eigenvalue weighted by atomic mass is 15.2. The fourth-order valence-electron chi connectivity index (χ4n) is 4.14. The Morgan fingerprint density at radius 3 is 2.90 bits per heavy atom. The molecule has 1 heterocycles. The van der Waals surface area contributed by atoms with E-state index in [1.54, 1.807) is 5.56 Å². The lowest BCUT2D eigenvalue weighted by molar-refractivity contribution is 0.243. The van der Waals surface area contributed by atoms with Crippen molar-refractivity contribution in [2.24, 2.45) is 17.6 Å². The smallest absolute Gasteiger partial charge is 0.0401 e. The molecular weight excluding hydrogens is 244 g/mol. The lowest BCUT2D eigenvalue weighted by Gasteiger charge is -2.43. The maximum absolute atomic E-state index is 6.08. The molecule has 1 saturated carbocycles. The first-order valence-electron chi connectivity index (χ1n) is 8.34. The normalized spacial score (nSPS) is 30.7. The molecule has 2 nitrogen and oxygen atoms in total. The molecule has 110 valence electrons. The van der Waals surface area contributed by atoms with Crippen LogP contribution < -0.4 is 10.6 Å². The molecule has 2 aliphatic rings. The molecule has 1 aromatic rings. The van der Waals surface area contributed by atoms with Crippen molar-refractivity contribution in [3.63, 3.8) is 0 Å². The van der Waals surface area contributed by atoms with Crippen LogP contribution in [-0.2, 0) is 6.42 Å². The van der Waals surface area contributed by atoms with E-state index in [4.69, 9.17) is 5.73 Å². The molecule has 0 radical (unpaired) electrons. The van der Waals surface area contributed by atoms with Crippen LogP contribution in [0.4, 0.5) is 5.69 Å². The molecule has 2 N–H and O–H groups in total. The zero-order valence-corrected chi connectivity index (χ0v) is 12.7.